The van der Waals surface area contributed by atoms with Crippen molar-refractivity contribution in [2.45, 2.75) is 0 Å². The Kier molecular flexibility index (Phi) is 9.89. The average Bonchev–Trinajstić information content (AvgIpc) is 3.32. The molecular weight excluding hydrogens is 509 g/mol. The van der Waals surface area contributed by atoms with Crippen LogP contribution >= 0.6 is 23.7 Å². The van der Waals surface area contributed by atoms with Gasteiger partial charge in [0.15, 0.2) is 16.6 Å². The van der Waals surface area contributed by atoms with Crippen molar-refractivity contribution in [3.05, 3.63) is 47.8 Å². The van der Waals surface area contributed by atoms with E-state index in [1.54, 1.807) is 35.2 Å². The number of carbonyl (C=O) groups is 1. The highest BCUT2D eigenvalue weighted by Gasteiger charge is 2.21. The number of hydrogen-bond acceptors (Lipinski definition) is 8. The van der Waals surface area contributed by atoms with Gasteiger partial charge < -0.3 is 18.9 Å². The number of morpholine rings is 1. The third-order valence-corrected chi connectivity index (χ3v) is 6.75. The fourth-order valence-electron chi connectivity index (χ4n) is 3.84. The van der Waals surface area contributed by atoms with E-state index in [0.717, 1.165) is 13.1 Å². The molecule has 0 N–H and O–H groups in total. The zero-order valence-corrected chi connectivity index (χ0v) is 22.0. The third kappa shape index (κ3) is 6.25. The maximum Gasteiger partial charge on any atom is 0.252 e. The van der Waals surface area contributed by atoms with Crippen LogP contribution in [0.4, 0.5) is 9.52 Å². The third-order valence-electron chi connectivity index (χ3n) is 5.70. The second-order valence-electron chi connectivity index (χ2n) is 7.82. The first-order valence-electron chi connectivity index (χ1n) is 11.2. The van der Waals surface area contributed by atoms with Gasteiger partial charge in [0.05, 0.1) is 39.2 Å². The van der Waals surface area contributed by atoms with Crippen molar-refractivity contribution in [2.75, 3.05) is 65.6 Å². The summed E-state index contributed by atoms with van der Waals surface area (Å²) in [7, 11) is 4.61. The van der Waals surface area contributed by atoms with Crippen LogP contribution in [0, 0.1) is 5.82 Å². The van der Waals surface area contributed by atoms with Gasteiger partial charge in [-0.15, -0.1) is 12.4 Å². The number of carbonyl (C=O) groups excluding carboxylic acids is 1. The number of amides is 1. The SMILES string of the molecule is COc1cc(/C=C/C(=O)N(CCN2CCOCC2)c2nc3c(F)cccc3s2)cc(OC)c1OC.Cl. The number of para-hydroxylation sites is 1. The first-order chi connectivity index (χ1) is 17.0. The van der Waals surface area contributed by atoms with Crippen LogP contribution in [0.1, 0.15) is 5.56 Å². The van der Waals surface area contributed by atoms with Gasteiger partial charge in [0.25, 0.3) is 5.91 Å². The number of hydrogen-bond donors (Lipinski definition) is 0. The van der Waals surface area contributed by atoms with E-state index < -0.39 is 5.82 Å². The Morgan fingerprint density at radius 3 is 2.47 bits per heavy atom. The molecule has 0 aliphatic carbocycles. The Morgan fingerprint density at radius 1 is 1.17 bits per heavy atom. The van der Waals surface area contributed by atoms with Crippen molar-refractivity contribution in [1.82, 2.24) is 9.88 Å². The van der Waals surface area contributed by atoms with Gasteiger partial charge in [-0.05, 0) is 35.9 Å². The topological polar surface area (TPSA) is 73.4 Å². The lowest BCUT2D eigenvalue weighted by atomic mass is 10.1. The van der Waals surface area contributed by atoms with E-state index in [1.807, 2.05) is 0 Å². The molecule has 0 unspecified atom stereocenters. The molecule has 11 heteroatoms. The summed E-state index contributed by atoms with van der Waals surface area (Å²) in [6.45, 7) is 4.02. The summed E-state index contributed by atoms with van der Waals surface area (Å²) < 4.78 is 36.6. The fraction of sp³-hybridized carbons (Fsp3) is 0.360. The molecule has 0 bridgehead atoms. The molecule has 4 rings (SSSR count). The Labute approximate surface area is 219 Å². The van der Waals surface area contributed by atoms with E-state index >= 15 is 0 Å². The lowest BCUT2D eigenvalue weighted by Gasteiger charge is -2.28. The lowest BCUT2D eigenvalue weighted by Crippen LogP contribution is -2.42. The number of fused-ring (bicyclic) bond motifs is 1. The van der Waals surface area contributed by atoms with Gasteiger partial charge in [-0.2, -0.15) is 0 Å². The van der Waals surface area contributed by atoms with E-state index in [0.29, 0.717) is 58.9 Å². The second-order valence-corrected chi connectivity index (χ2v) is 8.83. The average molecular weight is 538 g/mol. The van der Waals surface area contributed by atoms with Crippen molar-refractivity contribution in [3.8, 4) is 17.2 Å². The van der Waals surface area contributed by atoms with Crippen molar-refractivity contribution in [2.24, 2.45) is 0 Å². The maximum atomic E-state index is 14.3. The molecular formula is C25H29ClFN3O5S. The number of rotatable bonds is 9. The molecule has 36 heavy (non-hydrogen) atoms. The number of methoxy groups -OCH3 is 3. The molecule has 3 aromatic rings. The molecule has 1 aliphatic rings. The number of ether oxygens (including phenoxy) is 4. The van der Waals surface area contributed by atoms with E-state index in [4.69, 9.17) is 18.9 Å². The largest absolute Gasteiger partial charge is 0.493 e. The molecule has 0 spiro atoms. The minimum atomic E-state index is -0.404. The molecule has 0 atom stereocenters. The molecule has 1 fully saturated rings. The van der Waals surface area contributed by atoms with Gasteiger partial charge in [0.1, 0.15) is 11.3 Å². The van der Waals surface area contributed by atoms with Crippen molar-refractivity contribution in [3.63, 3.8) is 0 Å². The van der Waals surface area contributed by atoms with Gasteiger partial charge in [-0.3, -0.25) is 14.6 Å². The van der Waals surface area contributed by atoms with Crippen LogP contribution in [-0.2, 0) is 9.53 Å². The van der Waals surface area contributed by atoms with Gasteiger partial charge in [-0.1, -0.05) is 17.4 Å². The second kappa shape index (κ2) is 12.9. The summed E-state index contributed by atoms with van der Waals surface area (Å²) in [4.78, 5) is 21.6. The number of halogens is 2. The van der Waals surface area contributed by atoms with E-state index in [9.17, 15) is 9.18 Å². The van der Waals surface area contributed by atoms with Gasteiger partial charge in [0.2, 0.25) is 5.75 Å². The van der Waals surface area contributed by atoms with Crippen LogP contribution in [0.2, 0.25) is 0 Å². The minimum absolute atomic E-state index is 0. The predicted molar refractivity (Wildman–Crippen MR) is 142 cm³/mol. The van der Waals surface area contributed by atoms with Crippen LogP contribution in [0.25, 0.3) is 16.3 Å². The highest BCUT2D eigenvalue weighted by molar-refractivity contribution is 7.22. The number of anilines is 1. The van der Waals surface area contributed by atoms with Gasteiger partial charge in [0, 0.05) is 32.3 Å². The zero-order valence-electron chi connectivity index (χ0n) is 20.4. The molecule has 8 nitrogen and oxygen atoms in total. The number of nitrogens with zero attached hydrogens (tertiary/aromatic N) is 3. The summed E-state index contributed by atoms with van der Waals surface area (Å²) in [6, 6.07) is 8.34. The summed E-state index contributed by atoms with van der Waals surface area (Å²) in [5, 5.41) is 0.456. The van der Waals surface area contributed by atoms with E-state index in [1.165, 1.54) is 44.8 Å². The summed E-state index contributed by atoms with van der Waals surface area (Å²) in [5.74, 6) is 0.793. The monoisotopic (exact) mass is 537 g/mol. The maximum absolute atomic E-state index is 14.3. The van der Waals surface area contributed by atoms with Gasteiger partial charge >= 0.3 is 0 Å². The molecule has 2 aromatic carbocycles. The van der Waals surface area contributed by atoms with Crippen LogP contribution < -0.4 is 19.1 Å². The van der Waals surface area contributed by atoms with E-state index in [-0.39, 0.29) is 23.8 Å². The Hall–Kier alpha value is -2.92. The first kappa shape index (κ1) is 27.7. The smallest absolute Gasteiger partial charge is 0.252 e. The van der Waals surface area contributed by atoms with Crippen LogP contribution in [0.3, 0.4) is 0 Å². The Morgan fingerprint density at radius 2 is 1.86 bits per heavy atom. The molecule has 2 heterocycles. The van der Waals surface area contributed by atoms with E-state index in [2.05, 4.69) is 9.88 Å². The van der Waals surface area contributed by atoms with Crippen LogP contribution in [0.15, 0.2) is 36.4 Å². The number of benzene rings is 2. The normalized spacial score (nSPS) is 14.0. The molecule has 1 aliphatic heterocycles. The molecule has 0 saturated carbocycles. The quantitative estimate of drug-likeness (QED) is 0.378. The number of aromatic nitrogens is 1. The van der Waals surface area contributed by atoms with Crippen molar-refractivity contribution < 1.29 is 28.1 Å². The molecule has 1 amide bonds. The fourth-order valence-corrected chi connectivity index (χ4v) is 4.85. The summed E-state index contributed by atoms with van der Waals surface area (Å²) >= 11 is 1.29. The number of thiazole rings is 1. The Bertz CT molecular complexity index is 1190. The predicted octanol–water partition coefficient (Wildman–Crippen LogP) is 4.26. The minimum Gasteiger partial charge on any atom is -0.493 e. The first-order valence-corrected chi connectivity index (χ1v) is 12.0. The van der Waals surface area contributed by atoms with Gasteiger partial charge in [-0.25, -0.2) is 9.37 Å². The van der Waals surface area contributed by atoms with Crippen LogP contribution in [-0.4, -0.2) is 76.5 Å². The highest BCUT2D eigenvalue weighted by atomic mass is 35.5. The lowest BCUT2D eigenvalue weighted by molar-refractivity contribution is -0.114. The molecule has 194 valence electrons. The zero-order chi connectivity index (χ0) is 24.8. The summed E-state index contributed by atoms with van der Waals surface area (Å²) in [6.07, 6.45) is 3.16. The van der Waals surface area contributed by atoms with Crippen LogP contribution in [0.5, 0.6) is 17.2 Å². The van der Waals surface area contributed by atoms with Crippen molar-refractivity contribution in [1.29, 1.82) is 0 Å². The molecule has 0 radical (unpaired) electrons. The highest BCUT2D eigenvalue weighted by Crippen LogP contribution is 2.38. The van der Waals surface area contributed by atoms with Crippen molar-refractivity contribution >= 4 is 51.1 Å². The molecule has 1 aromatic heterocycles. The standard InChI is InChI=1S/C25H28FN3O5S.ClH/c1-31-19-15-17(16-20(32-2)24(19)33-3)7-8-22(30)29(10-9-28-11-13-34-14-12-28)25-27-23-18(26)5-4-6-21(23)35-25;/h4-8,15-16H,9-14H2,1-3H3;1H/b8-7+;. The Balaban J connectivity index is 0.00000361. The summed E-state index contributed by atoms with van der Waals surface area (Å²) in [5.41, 5.74) is 0.974. The molecule has 1 saturated heterocycles.